The van der Waals surface area contributed by atoms with Gasteiger partial charge in [-0.15, -0.1) is 0 Å². The number of nitrogen functional groups attached to an aromatic ring is 1. The normalized spacial score (nSPS) is 10.3. The van der Waals surface area contributed by atoms with E-state index in [2.05, 4.69) is 10.1 Å². The summed E-state index contributed by atoms with van der Waals surface area (Å²) < 4.78 is 1.46. The number of nitrogens with zero attached hydrogens (tertiary/aromatic N) is 3. The number of carbonyl (C=O) groups is 1. The highest BCUT2D eigenvalue weighted by atomic mass is 32.1. The number of primary amides is 1. The van der Waals surface area contributed by atoms with Crippen molar-refractivity contribution in [2.75, 3.05) is 5.73 Å². The van der Waals surface area contributed by atoms with Gasteiger partial charge in [0.25, 0.3) is 5.91 Å². The molecule has 0 unspecified atom stereocenters. The van der Waals surface area contributed by atoms with Crippen LogP contribution in [0.4, 0.5) is 5.00 Å². The molecule has 0 aromatic carbocycles. The topological polar surface area (TPSA) is 99.8 Å². The third-order valence-electron chi connectivity index (χ3n) is 1.57. The molecule has 2 aromatic heterocycles. The average molecular weight is 209 g/mol. The van der Waals surface area contributed by atoms with Gasteiger partial charge in [0.15, 0.2) is 0 Å². The fourth-order valence-electron chi connectivity index (χ4n) is 0.938. The molecular formula is C7H7N5OS. The number of amides is 1. The maximum Gasteiger partial charge on any atom is 0.251 e. The van der Waals surface area contributed by atoms with Gasteiger partial charge < -0.3 is 11.5 Å². The van der Waals surface area contributed by atoms with Crippen LogP contribution in [0, 0.1) is 0 Å². The van der Waals surface area contributed by atoms with Crippen molar-refractivity contribution in [3.8, 4) is 5.13 Å². The van der Waals surface area contributed by atoms with Crippen molar-refractivity contribution in [3.05, 3.63) is 24.2 Å². The summed E-state index contributed by atoms with van der Waals surface area (Å²) in [5.41, 5.74) is 10.9. The van der Waals surface area contributed by atoms with Gasteiger partial charge in [0.05, 0.1) is 18.0 Å². The molecule has 0 atom stereocenters. The second kappa shape index (κ2) is 3.11. The van der Waals surface area contributed by atoms with E-state index in [-0.39, 0.29) is 0 Å². The van der Waals surface area contributed by atoms with E-state index in [1.165, 1.54) is 34.6 Å². The van der Waals surface area contributed by atoms with E-state index in [1.54, 1.807) is 0 Å². The van der Waals surface area contributed by atoms with Crippen molar-refractivity contribution in [2.45, 2.75) is 0 Å². The van der Waals surface area contributed by atoms with Gasteiger partial charge in [0.2, 0.25) is 5.13 Å². The van der Waals surface area contributed by atoms with Crippen molar-refractivity contribution in [3.63, 3.8) is 0 Å². The first-order valence-corrected chi connectivity index (χ1v) is 4.54. The summed E-state index contributed by atoms with van der Waals surface area (Å²) in [6, 6.07) is 0. The molecule has 2 aromatic rings. The Kier molecular flexibility index (Phi) is 1.93. The van der Waals surface area contributed by atoms with E-state index in [4.69, 9.17) is 11.5 Å². The van der Waals surface area contributed by atoms with Crippen LogP contribution in [0.3, 0.4) is 0 Å². The summed E-state index contributed by atoms with van der Waals surface area (Å²) in [7, 11) is 0. The van der Waals surface area contributed by atoms with Crippen LogP contribution in [0.15, 0.2) is 18.6 Å². The van der Waals surface area contributed by atoms with Crippen LogP contribution in [-0.2, 0) is 0 Å². The van der Waals surface area contributed by atoms with Gasteiger partial charge in [-0.25, -0.2) is 9.67 Å². The van der Waals surface area contributed by atoms with Crippen molar-refractivity contribution < 1.29 is 4.79 Å². The number of hydrogen-bond acceptors (Lipinski definition) is 5. The molecule has 6 nitrogen and oxygen atoms in total. The first kappa shape index (κ1) is 8.70. The number of anilines is 1. The highest BCUT2D eigenvalue weighted by Gasteiger charge is 2.07. The Labute approximate surface area is 83.2 Å². The van der Waals surface area contributed by atoms with Crippen LogP contribution in [-0.4, -0.2) is 20.7 Å². The maximum absolute atomic E-state index is 10.8. The molecule has 0 spiro atoms. The number of nitrogens with two attached hydrogens (primary N) is 2. The van der Waals surface area contributed by atoms with Crippen molar-refractivity contribution in [1.82, 2.24) is 14.8 Å². The molecule has 2 heterocycles. The lowest BCUT2D eigenvalue weighted by Crippen LogP contribution is -2.09. The zero-order valence-electron chi connectivity index (χ0n) is 7.04. The minimum absolute atomic E-state index is 0.346. The van der Waals surface area contributed by atoms with Gasteiger partial charge in [-0.05, 0) is 0 Å². The second-order valence-corrected chi connectivity index (χ2v) is 3.62. The fourth-order valence-corrected chi connectivity index (χ4v) is 1.55. The lowest BCUT2D eigenvalue weighted by atomic mass is 10.4. The van der Waals surface area contributed by atoms with Crippen molar-refractivity contribution in [1.29, 1.82) is 0 Å². The van der Waals surface area contributed by atoms with Crippen LogP contribution >= 0.6 is 11.3 Å². The zero-order chi connectivity index (χ0) is 10.1. The maximum atomic E-state index is 10.8. The predicted molar refractivity (Wildman–Crippen MR) is 52.2 cm³/mol. The molecular weight excluding hydrogens is 202 g/mol. The second-order valence-electron chi connectivity index (χ2n) is 2.58. The minimum atomic E-state index is -0.513. The van der Waals surface area contributed by atoms with E-state index in [1.807, 2.05) is 0 Å². The van der Waals surface area contributed by atoms with Crippen molar-refractivity contribution >= 4 is 22.2 Å². The molecule has 0 fully saturated rings. The van der Waals surface area contributed by atoms with Gasteiger partial charge in [0, 0.05) is 6.20 Å². The summed E-state index contributed by atoms with van der Waals surface area (Å²) in [6.45, 7) is 0. The number of rotatable bonds is 2. The molecule has 0 saturated carbocycles. The average Bonchev–Trinajstić information content (AvgIpc) is 2.70. The van der Waals surface area contributed by atoms with Crippen LogP contribution in [0.2, 0.25) is 0 Å². The molecule has 1 amide bonds. The Morgan fingerprint density at radius 3 is 2.79 bits per heavy atom. The summed E-state index contributed by atoms with van der Waals surface area (Å²) in [5, 5.41) is 5.13. The van der Waals surface area contributed by atoms with Crippen molar-refractivity contribution in [2.24, 2.45) is 5.73 Å². The molecule has 0 aliphatic carbocycles. The van der Waals surface area contributed by atoms with Crippen LogP contribution in [0.5, 0.6) is 0 Å². The number of thiazole rings is 1. The summed E-state index contributed by atoms with van der Waals surface area (Å²) >= 11 is 1.28. The van der Waals surface area contributed by atoms with Gasteiger partial charge in [-0.2, -0.15) is 5.10 Å². The smallest absolute Gasteiger partial charge is 0.251 e. The lowest BCUT2D eigenvalue weighted by Gasteiger charge is -1.91. The van der Waals surface area contributed by atoms with Crippen LogP contribution in [0.25, 0.3) is 5.13 Å². The van der Waals surface area contributed by atoms with E-state index in [9.17, 15) is 4.79 Å². The predicted octanol–water partition coefficient (Wildman–Crippen LogP) is 0.00990. The molecule has 72 valence electrons. The SMILES string of the molecule is NC(=O)c1cnn(-c2ncc(N)s2)c1. The Morgan fingerprint density at radius 2 is 2.29 bits per heavy atom. The van der Waals surface area contributed by atoms with Gasteiger partial charge in [-0.3, -0.25) is 4.79 Å². The molecule has 0 aliphatic rings. The largest absolute Gasteiger partial charge is 0.389 e. The Hall–Kier alpha value is -1.89. The van der Waals surface area contributed by atoms with Gasteiger partial charge >= 0.3 is 0 Å². The summed E-state index contributed by atoms with van der Waals surface area (Å²) in [4.78, 5) is 14.8. The monoisotopic (exact) mass is 209 g/mol. The van der Waals surface area contributed by atoms with Gasteiger partial charge in [0.1, 0.15) is 5.00 Å². The number of aromatic nitrogens is 3. The zero-order valence-corrected chi connectivity index (χ0v) is 7.86. The summed E-state index contributed by atoms with van der Waals surface area (Å²) in [5.74, 6) is -0.513. The Balaban J connectivity index is 2.38. The highest BCUT2D eigenvalue weighted by molar-refractivity contribution is 7.17. The minimum Gasteiger partial charge on any atom is -0.389 e. The number of hydrogen-bond donors (Lipinski definition) is 2. The standard InChI is InChI=1S/C7H7N5OS/c8-5-2-10-7(14-5)12-3-4(1-11-12)6(9)13/h1-3H,8H2,(H2,9,13). The molecule has 7 heteroatoms. The third-order valence-corrected chi connectivity index (χ3v) is 2.39. The highest BCUT2D eigenvalue weighted by Crippen LogP contribution is 2.18. The molecule has 2 rings (SSSR count). The molecule has 0 bridgehead atoms. The quantitative estimate of drug-likeness (QED) is 0.727. The van der Waals surface area contributed by atoms with E-state index < -0.39 is 5.91 Å². The third kappa shape index (κ3) is 1.44. The van der Waals surface area contributed by atoms with Gasteiger partial charge in [-0.1, -0.05) is 11.3 Å². The first-order valence-electron chi connectivity index (χ1n) is 3.73. The fraction of sp³-hybridized carbons (Fsp3) is 0. The molecule has 0 radical (unpaired) electrons. The molecule has 14 heavy (non-hydrogen) atoms. The first-order chi connectivity index (χ1) is 6.66. The Bertz CT molecular complexity index is 474. The van der Waals surface area contributed by atoms with E-state index in [0.29, 0.717) is 15.7 Å². The van der Waals surface area contributed by atoms with E-state index >= 15 is 0 Å². The molecule has 4 N–H and O–H groups in total. The molecule has 0 aliphatic heterocycles. The number of carbonyl (C=O) groups excluding carboxylic acids is 1. The lowest BCUT2D eigenvalue weighted by molar-refractivity contribution is 0.100. The Morgan fingerprint density at radius 1 is 1.50 bits per heavy atom. The summed E-state index contributed by atoms with van der Waals surface area (Å²) in [6.07, 6.45) is 4.44. The van der Waals surface area contributed by atoms with Crippen LogP contribution < -0.4 is 11.5 Å². The molecule has 0 saturated heterocycles. The van der Waals surface area contributed by atoms with E-state index in [0.717, 1.165) is 0 Å². The van der Waals surface area contributed by atoms with Crippen LogP contribution in [0.1, 0.15) is 10.4 Å².